The molecule has 1 aliphatic carbocycles. The fourth-order valence-corrected chi connectivity index (χ4v) is 3.63. The van der Waals surface area contributed by atoms with Gasteiger partial charge in [-0.1, -0.05) is 36.4 Å². The normalized spacial score (nSPS) is 14.2. The van der Waals surface area contributed by atoms with Gasteiger partial charge in [0.1, 0.15) is 5.82 Å². The molecule has 3 nitrogen and oxygen atoms in total. The first-order chi connectivity index (χ1) is 14.1. The predicted octanol–water partition coefficient (Wildman–Crippen LogP) is 5.25. The lowest BCUT2D eigenvalue weighted by atomic mass is 10.0. The predicted molar refractivity (Wildman–Crippen MR) is 114 cm³/mol. The van der Waals surface area contributed by atoms with Crippen LogP contribution in [0.5, 0.6) is 0 Å². The van der Waals surface area contributed by atoms with Gasteiger partial charge in [0.05, 0.1) is 6.42 Å². The van der Waals surface area contributed by atoms with Crippen molar-refractivity contribution >= 4 is 23.1 Å². The molecule has 1 amide bonds. The molecule has 1 aliphatic rings. The van der Waals surface area contributed by atoms with Crippen molar-refractivity contribution in [2.75, 3.05) is 0 Å². The summed E-state index contributed by atoms with van der Waals surface area (Å²) in [5.41, 5.74) is 6.67. The molecule has 4 rings (SSSR count). The molecule has 0 radical (unpaired) electrons. The van der Waals surface area contributed by atoms with E-state index in [1.54, 1.807) is 18.5 Å². The number of carbonyl (C=O) groups is 1. The Balaban J connectivity index is 1.62. The minimum atomic E-state index is -0.302. The second kappa shape index (κ2) is 8.23. The number of pyridine rings is 1. The highest BCUT2D eigenvalue weighted by atomic mass is 19.1. The zero-order valence-electron chi connectivity index (χ0n) is 16.2. The smallest absolute Gasteiger partial charge is 0.224 e. The Morgan fingerprint density at radius 2 is 1.79 bits per heavy atom. The molecule has 2 aromatic carbocycles. The van der Waals surface area contributed by atoms with Crippen LogP contribution in [0.2, 0.25) is 0 Å². The summed E-state index contributed by atoms with van der Waals surface area (Å²) in [6, 6.07) is 18.4. The molecule has 0 saturated carbocycles. The third-order valence-corrected chi connectivity index (χ3v) is 5.14. The Labute approximate surface area is 169 Å². The molecule has 0 atom stereocenters. The average Bonchev–Trinajstić information content (AvgIpc) is 2.99. The zero-order chi connectivity index (χ0) is 20.2. The number of nitrogens with zero attached hydrogens (tertiary/aromatic N) is 1. The maximum Gasteiger partial charge on any atom is 0.224 e. The lowest BCUT2D eigenvalue weighted by Crippen LogP contribution is -2.22. The van der Waals surface area contributed by atoms with E-state index in [-0.39, 0.29) is 18.1 Å². The van der Waals surface area contributed by atoms with Crippen molar-refractivity contribution in [1.29, 1.82) is 0 Å². The van der Waals surface area contributed by atoms with Crippen LogP contribution in [0.25, 0.3) is 17.2 Å². The van der Waals surface area contributed by atoms with Crippen LogP contribution >= 0.6 is 0 Å². The van der Waals surface area contributed by atoms with E-state index in [1.165, 1.54) is 12.1 Å². The van der Waals surface area contributed by atoms with Crippen LogP contribution in [0.15, 0.2) is 78.6 Å². The van der Waals surface area contributed by atoms with Gasteiger partial charge >= 0.3 is 0 Å². The van der Waals surface area contributed by atoms with E-state index in [9.17, 15) is 9.18 Å². The molecule has 4 heteroatoms. The zero-order valence-corrected chi connectivity index (χ0v) is 16.2. The van der Waals surface area contributed by atoms with E-state index in [4.69, 9.17) is 0 Å². The molecule has 29 heavy (non-hydrogen) atoms. The van der Waals surface area contributed by atoms with Gasteiger partial charge in [0.15, 0.2) is 0 Å². The van der Waals surface area contributed by atoms with E-state index in [1.807, 2.05) is 49.4 Å². The number of fused-ring (bicyclic) bond motifs is 1. The van der Waals surface area contributed by atoms with Crippen LogP contribution in [0.1, 0.15) is 35.6 Å². The van der Waals surface area contributed by atoms with Crippen molar-refractivity contribution in [3.8, 4) is 0 Å². The van der Waals surface area contributed by atoms with Gasteiger partial charge in [0.25, 0.3) is 0 Å². The molecule has 0 spiro atoms. The maximum atomic E-state index is 14.0. The molecular weight excluding hydrogens is 363 g/mol. The van der Waals surface area contributed by atoms with E-state index in [0.29, 0.717) is 6.54 Å². The van der Waals surface area contributed by atoms with E-state index in [2.05, 4.69) is 16.4 Å². The lowest BCUT2D eigenvalue weighted by molar-refractivity contribution is -0.120. The first kappa shape index (κ1) is 18.8. The summed E-state index contributed by atoms with van der Waals surface area (Å²) in [4.78, 5) is 16.7. The molecule has 144 valence electrons. The van der Waals surface area contributed by atoms with Crippen LogP contribution in [0, 0.1) is 5.82 Å². The molecule has 0 saturated heterocycles. The number of hydrogen-bond acceptors (Lipinski definition) is 2. The summed E-state index contributed by atoms with van der Waals surface area (Å²) in [5, 5.41) is 2.96. The monoisotopic (exact) mass is 384 g/mol. The number of rotatable bonds is 5. The molecule has 0 bridgehead atoms. The molecular formula is C25H21FN2O. The highest BCUT2D eigenvalue weighted by Crippen LogP contribution is 2.43. The van der Waals surface area contributed by atoms with E-state index < -0.39 is 0 Å². The minimum Gasteiger partial charge on any atom is -0.352 e. The summed E-state index contributed by atoms with van der Waals surface area (Å²) in [7, 11) is 0. The largest absolute Gasteiger partial charge is 0.352 e. The number of halogens is 1. The van der Waals surface area contributed by atoms with Crippen molar-refractivity contribution in [3.05, 3.63) is 107 Å². The second-order valence-corrected chi connectivity index (χ2v) is 7.07. The second-order valence-electron chi connectivity index (χ2n) is 7.07. The molecule has 1 N–H and O–H groups in total. The Morgan fingerprint density at radius 1 is 1.03 bits per heavy atom. The first-order valence-corrected chi connectivity index (χ1v) is 9.54. The first-order valence-electron chi connectivity index (χ1n) is 9.54. The number of amides is 1. The molecule has 1 heterocycles. The van der Waals surface area contributed by atoms with Gasteiger partial charge in [0, 0.05) is 18.9 Å². The number of aromatic nitrogens is 1. The molecule has 0 aliphatic heterocycles. The summed E-state index contributed by atoms with van der Waals surface area (Å²) < 4.78 is 14.0. The van der Waals surface area contributed by atoms with E-state index in [0.717, 1.165) is 39.0 Å². The lowest BCUT2D eigenvalue weighted by Gasteiger charge is -2.08. The van der Waals surface area contributed by atoms with E-state index >= 15 is 0 Å². The number of benzene rings is 2. The Morgan fingerprint density at radius 3 is 2.55 bits per heavy atom. The number of nitrogens with one attached hydrogen (secondary N) is 1. The fraction of sp³-hybridized carbons (Fsp3) is 0.120. The SMILES string of the molecule is CC1=C(CC(=O)NCc2ccccc2)c2cc(F)ccc2/C1=C/c1ccncc1. The van der Waals surface area contributed by atoms with Crippen molar-refractivity contribution in [2.45, 2.75) is 19.9 Å². The van der Waals surface area contributed by atoms with Gasteiger partial charge in [-0.05, 0) is 76.2 Å². The summed E-state index contributed by atoms with van der Waals surface area (Å²) in [5.74, 6) is -0.382. The third kappa shape index (κ3) is 4.16. The van der Waals surface area contributed by atoms with Gasteiger partial charge in [-0.2, -0.15) is 0 Å². The summed E-state index contributed by atoms with van der Waals surface area (Å²) in [6.45, 7) is 2.46. The quantitative estimate of drug-likeness (QED) is 0.652. The number of hydrogen-bond donors (Lipinski definition) is 1. The highest BCUT2D eigenvalue weighted by Gasteiger charge is 2.25. The van der Waals surface area contributed by atoms with Gasteiger partial charge in [-0.3, -0.25) is 9.78 Å². The van der Waals surface area contributed by atoms with Crippen LogP contribution in [0.4, 0.5) is 4.39 Å². The Hall–Kier alpha value is -3.53. The standard InChI is InChI=1S/C25H21FN2O/c1-17-22(13-18-9-11-27-12-10-18)21-8-7-20(26)14-24(21)23(17)15-25(29)28-16-19-5-3-2-4-6-19/h2-14H,15-16H2,1H3,(H,28,29)/b22-13+. The molecule has 1 aromatic heterocycles. The topological polar surface area (TPSA) is 42.0 Å². The minimum absolute atomic E-state index is 0.0800. The van der Waals surface area contributed by atoms with Crippen LogP contribution in [-0.2, 0) is 11.3 Å². The molecule has 3 aromatic rings. The summed E-state index contributed by atoms with van der Waals surface area (Å²) >= 11 is 0. The van der Waals surface area contributed by atoms with Gasteiger partial charge in [-0.25, -0.2) is 4.39 Å². The van der Waals surface area contributed by atoms with Gasteiger partial charge in [0.2, 0.25) is 5.91 Å². The fourth-order valence-electron chi connectivity index (χ4n) is 3.63. The average molecular weight is 384 g/mol. The van der Waals surface area contributed by atoms with Crippen LogP contribution < -0.4 is 5.32 Å². The highest BCUT2D eigenvalue weighted by molar-refractivity contribution is 6.08. The van der Waals surface area contributed by atoms with Crippen LogP contribution in [0.3, 0.4) is 0 Å². The van der Waals surface area contributed by atoms with Crippen molar-refractivity contribution < 1.29 is 9.18 Å². The molecule has 0 fully saturated rings. The molecule has 0 unspecified atom stereocenters. The number of carbonyl (C=O) groups excluding carboxylic acids is 1. The van der Waals surface area contributed by atoms with Gasteiger partial charge < -0.3 is 5.32 Å². The summed E-state index contributed by atoms with van der Waals surface area (Å²) in [6.07, 6.45) is 5.75. The van der Waals surface area contributed by atoms with Crippen molar-refractivity contribution in [2.24, 2.45) is 0 Å². The Kier molecular flexibility index (Phi) is 5.34. The van der Waals surface area contributed by atoms with Crippen LogP contribution in [-0.4, -0.2) is 10.9 Å². The van der Waals surface area contributed by atoms with Crippen molar-refractivity contribution in [1.82, 2.24) is 10.3 Å². The third-order valence-electron chi connectivity index (χ3n) is 5.14. The number of allylic oxidation sites excluding steroid dienone is 2. The maximum absolute atomic E-state index is 14.0. The van der Waals surface area contributed by atoms with Gasteiger partial charge in [-0.15, -0.1) is 0 Å². The van der Waals surface area contributed by atoms with Crippen molar-refractivity contribution in [3.63, 3.8) is 0 Å². The Bertz CT molecular complexity index is 1100.